The van der Waals surface area contributed by atoms with E-state index in [1.807, 2.05) is 6.07 Å². The molecule has 90 valence electrons. The Bertz CT molecular complexity index is 453. The van der Waals surface area contributed by atoms with Crippen molar-refractivity contribution in [3.05, 3.63) is 35.1 Å². The molecule has 1 fully saturated rings. The van der Waals surface area contributed by atoms with Crippen molar-refractivity contribution in [1.29, 1.82) is 0 Å². The van der Waals surface area contributed by atoms with Crippen molar-refractivity contribution in [3.8, 4) is 0 Å². The van der Waals surface area contributed by atoms with Crippen LogP contribution in [0, 0.1) is 12.7 Å². The van der Waals surface area contributed by atoms with Gasteiger partial charge in [0, 0.05) is 18.9 Å². The number of hydrogen-bond acceptors (Lipinski definition) is 3. The van der Waals surface area contributed by atoms with Gasteiger partial charge in [-0.25, -0.2) is 4.39 Å². The van der Waals surface area contributed by atoms with Gasteiger partial charge in [-0.05, 0) is 24.1 Å². The van der Waals surface area contributed by atoms with E-state index in [2.05, 4.69) is 5.32 Å². The van der Waals surface area contributed by atoms with Crippen molar-refractivity contribution in [2.75, 3.05) is 6.54 Å². The molecule has 5 heteroatoms. The minimum atomic E-state index is -0.193. The highest BCUT2D eigenvalue weighted by molar-refractivity contribution is 5.79. The summed E-state index contributed by atoms with van der Waals surface area (Å²) < 4.78 is 13.2. The third kappa shape index (κ3) is 3.50. The molecule has 1 heterocycles. The molecule has 0 aromatic heterocycles. The smallest absolute Gasteiger partial charge is 0.355 e. The third-order valence-electron chi connectivity index (χ3n) is 2.64. The fourth-order valence-corrected chi connectivity index (χ4v) is 1.70. The second-order valence-corrected chi connectivity index (χ2v) is 3.80. The summed E-state index contributed by atoms with van der Waals surface area (Å²) in [4.78, 5) is 27.2. The van der Waals surface area contributed by atoms with Gasteiger partial charge in [0.1, 0.15) is 5.82 Å². The molecule has 0 radical (unpaired) electrons. The van der Waals surface area contributed by atoms with E-state index < -0.39 is 0 Å². The molecule has 0 unspecified atom stereocenters. The Morgan fingerprint density at radius 2 is 2.06 bits per heavy atom. The Balaban J connectivity index is 0.000000437. The molecular formula is C12H12FNO3. The summed E-state index contributed by atoms with van der Waals surface area (Å²) in [6, 6.07) is 5.18. The summed E-state index contributed by atoms with van der Waals surface area (Å²) in [6.07, 6.45) is 0.725. The van der Waals surface area contributed by atoms with Crippen LogP contribution in [0.1, 0.15) is 23.5 Å². The summed E-state index contributed by atoms with van der Waals surface area (Å²) in [5, 5.41) is 2.74. The summed E-state index contributed by atoms with van der Waals surface area (Å²) in [7, 11) is 0. The average Bonchev–Trinajstić information content (AvgIpc) is 2.70. The van der Waals surface area contributed by atoms with E-state index in [4.69, 9.17) is 9.59 Å². The lowest BCUT2D eigenvalue weighted by Crippen LogP contribution is -2.13. The topological polar surface area (TPSA) is 63.2 Å². The van der Waals surface area contributed by atoms with Crippen LogP contribution in [0.3, 0.4) is 0 Å². The molecular weight excluding hydrogens is 225 g/mol. The normalized spacial score (nSPS) is 17.8. The van der Waals surface area contributed by atoms with Crippen LogP contribution in [0.4, 0.5) is 4.39 Å². The molecule has 0 spiro atoms. The number of benzene rings is 1. The maximum Gasteiger partial charge on any atom is 0.373 e. The fourth-order valence-electron chi connectivity index (χ4n) is 1.70. The van der Waals surface area contributed by atoms with Crippen molar-refractivity contribution in [2.24, 2.45) is 0 Å². The number of rotatable bonds is 1. The van der Waals surface area contributed by atoms with Gasteiger partial charge in [0.25, 0.3) is 0 Å². The zero-order valence-electron chi connectivity index (χ0n) is 9.33. The van der Waals surface area contributed by atoms with Crippen molar-refractivity contribution in [2.45, 2.75) is 19.3 Å². The van der Waals surface area contributed by atoms with Crippen LogP contribution in [-0.4, -0.2) is 18.6 Å². The first kappa shape index (κ1) is 13.1. The third-order valence-corrected chi connectivity index (χ3v) is 2.64. The minimum absolute atomic E-state index is 0.0518. The van der Waals surface area contributed by atoms with Crippen LogP contribution >= 0.6 is 0 Å². The minimum Gasteiger partial charge on any atom is -0.355 e. The molecule has 2 rings (SSSR count). The molecule has 1 aliphatic heterocycles. The van der Waals surface area contributed by atoms with Crippen LogP contribution < -0.4 is 5.32 Å². The molecule has 1 N–H and O–H groups in total. The lowest BCUT2D eigenvalue weighted by Gasteiger charge is -2.08. The molecule has 0 aliphatic carbocycles. The lowest BCUT2D eigenvalue weighted by molar-refractivity contribution is -0.191. The van der Waals surface area contributed by atoms with E-state index >= 15 is 0 Å². The maximum atomic E-state index is 13.2. The number of aryl methyl sites for hydroxylation is 1. The van der Waals surface area contributed by atoms with Gasteiger partial charge >= 0.3 is 6.15 Å². The van der Waals surface area contributed by atoms with Gasteiger partial charge in [0.05, 0.1) is 0 Å². The first-order valence-corrected chi connectivity index (χ1v) is 5.10. The van der Waals surface area contributed by atoms with E-state index in [0.717, 1.165) is 5.56 Å². The van der Waals surface area contributed by atoms with Crippen LogP contribution in [0.15, 0.2) is 18.2 Å². The first-order chi connectivity index (χ1) is 8.08. The second kappa shape index (κ2) is 5.92. The van der Waals surface area contributed by atoms with E-state index in [1.165, 1.54) is 6.07 Å². The van der Waals surface area contributed by atoms with Gasteiger partial charge in [-0.2, -0.15) is 9.59 Å². The van der Waals surface area contributed by atoms with E-state index in [-0.39, 0.29) is 23.8 Å². The van der Waals surface area contributed by atoms with Crippen molar-refractivity contribution in [1.82, 2.24) is 5.32 Å². The van der Waals surface area contributed by atoms with E-state index in [0.29, 0.717) is 18.5 Å². The summed E-state index contributed by atoms with van der Waals surface area (Å²) in [5.41, 5.74) is 1.55. The molecule has 1 aliphatic rings. The second-order valence-electron chi connectivity index (χ2n) is 3.80. The van der Waals surface area contributed by atoms with Crippen LogP contribution in [0.5, 0.6) is 0 Å². The van der Waals surface area contributed by atoms with Gasteiger partial charge in [-0.1, -0.05) is 12.1 Å². The highest BCUT2D eigenvalue weighted by atomic mass is 19.1. The molecule has 17 heavy (non-hydrogen) atoms. The Kier molecular flexibility index (Phi) is 4.55. The number of nitrogens with one attached hydrogen (secondary N) is 1. The largest absolute Gasteiger partial charge is 0.373 e. The van der Waals surface area contributed by atoms with Gasteiger partial charge in [0.15, 0.2) is 0 Å². The predicted octanol–water partition coefficient (Wildman–Crippen LogP) is 1.15. The molecule has 1 amide bonds. The average molecular weight is 237 g/mol. The molecule has 4 nitrogen and oxygen atoms in total. The van der Waals surface area contributed by atoms with Gasteiger partial charge < -0.3 is 5.32 Å². The SMILES string of the molecule is Cc1ccc([C@@H]2CNC(=O)C2)cc1F.O=C=O. The number of amides is 1. The zero-order valence-corrected chi connectivity index (χ0v) is 9.33. The van der Waals surface area contributed by atoms with Crippen molar-refractivity contribution in [3.63, 3.8) is 0 Å². The molecule has 0 saturated carbocycles. The first-order valence-electron chi connectivity index (χ1n) is 5.10. The van der Waals surface area contributed by atoms with E-state index in [1.54, 1.807) is 13.0 Å². The van der Waals surface area contributed by atoms with Crippen molar-refractivity contribution < 1.29 is 18.8 Å². The molecule has 1 aromatic carbocycles. The van der Waals surface area contributed by atoms with Crippen LogP contribution in [0.25, 0.3) is 0 Å². The van der Waals surface area contributed by atoms with Crippen molar-refractivity contribution >= 4 is 12.1 Å². The van der Waals surface area contributed by atoms with Gasteiger partial charge in [-0.15, -0.1) is 0 Å². The monoisotopic (exact) mass is 237 g/mol. The maximum absolute atomic E-state index is 13.2. The molecule has 0 bridgehead atoms. The Morgan fingerprint density at radius 1 is 1.41 bits per heavy atom. The Hall–Kier alpha value is -2.00. The summed E-state index contributed by atoms with van der Waals surface area (Å²) >= 11 is 0. The summed E-state index contributed by atoms with van der Waals surface area (Å²) in [5.74, 6) is -0.00423. The summed E-state index contributed by atoms with van der Waals surface area (Å²) in [6.45, 7) is 2.36. The molecule has 1 atom stereocenters. The lowest BCUT2D eigenvalue weighted by atomic mass is 9.97. The van der Waals surface area contributed by atoms with Crippen LogP contribution in [-0.2, 0) is 14.4 Å². The number of halogens is 1. The standard InChI is InChI=1S/C11H12FNO.CO2/c1-7-2-3-8(4-10(7)12)9-5-11(14)13-6-9;2-1-3/h2-4,9H,5-6H2,1H3,(H,13,14);/t9-;/m0./s1. The number of carbonyl (C=O) groups excluding carboxylic acids is 3. The predicted molar refractivity (Wildman–Crippen MR) is 56.5 cm³/mol. The molecule has 1 saturated heterocycles. The fraction of sp³-hybridized carbons (Fsp3) is 0.333. The Labute approximate surface area is 97.8 Å². The van der Waals surface area contributed by atoms with Crippen LogP contribution in [0.2, 0.25) is 0 Å². The molecule has 1 aromatic rings. The van der Waals surface area contributed by atoms with E-state index in [9.17, 15) is 9.18 Å². The number of carbonyl (C=O) groups is 1. The highest BCUT2D eigenvalue weighted by Gasteiger charge is 2.23. The zero-order chi connectivity index (χ0) is 12.8. The quantitative estimate of drug-likeness (QED) is 0.797. The van der Waals surface area contributed by atoms with Gasteiger partial charge in [-0.3, -0.25) is 4.79 Å². The number of hydrogen-bond donors (Lipinski definition) is 1. The highest BCUT2D eigenvalue weighted by Crippen LogP contribution is 2.24. The Morgan fingerprint density at radius 3 is 2.53 bits per heavy atom. The van der Waals surface area contributed by atoms with Gasteiger partial charge in [0.2, 0.25) is 5.91 Å².